The van der Waals surface area contributed by atoms with Gasteiger partial charge in [0.25, 0.3) is 0 Å². The lowest BCUT2D eigenvalue weighted by Crippen LogP contribution is -2.39. The number of aryl methyl sites for hydroxylation is 1. The quantitative estimate of drug-likeness (QED) is 0.743. The maximum atomic E-state index is 12.8. The molecule has 6 nitrogen and oxygen atoms in total. The molecule has 0 unspecified atom stereocenters. The fourth-order valence-electron chi connectivity index (χ4n) is 2.27. The van der Waals surface area contributed by atoms with E-state index >= 15 is 0 Å². The minimum atomic E-state index is -0.468. The van der Waals surface area contributed by atoms with Crippen LogP contribution < -0.4 is 20.9 Å². The number of nitrogens with zero attached hydrogens (tertiary/aromatic N) is 1. The zero-order valence-electron chi connectivity index (χ0n) is 15.1. The second-order valence-corrected chi connectivity index (χ2v) is 6.10. The van der Waals surface area contributed by atoms with Crippen molar-refractivity contribution in [1.82, 2.24) is 10.6 Å². The summed E-state index contributed by atoms with van der Waals surface area (Å²) < 4.78 is 12.8. The van der Waals surface area contributed by atoms with E-state index in [-0.39, 0.29) is 24.8 Å². The standard InChI is InChI=1S/C19H23FN4O2/c1-13-10-16(24(2)3)8-9-17(13)23-18(25)12-22-19(26)21-11-14-4-6-15(20)7-5-14/h4-10H,11-12H2,1-3H3,(H,23,25)(H2,21,22,26). The lowest BCUT2D eigenvalue weighted by Gasteiger charge is -2.15. The lowest BCUT2D eigenvalue weighted by molar-refractivity contribution is -0.115. The summed E-state index contributed by atoms with van der Waals surface area (Å²) in [5, 5.41) is 7.87. The Bertz CT molecular complexity index is 776. The summed E-state index contributed by atoms with van der Waals surface area (Å²) in [5.74, 6) is -0.647. The number of amides is 3. The van der Waals surface area contributed by atoms with Crippen LogP contribution >= 0.6 is 0 Å². The predicted molar refractivity (Wildman–Crippen MR) is 101 cm³/mol. The molecule has 0 spiro atoms. The van der Waals surface area contributed by atoms with Crippen molar-refractivity contribution in [2.75, 3.05) is 30.9 Å². The zero-order valence-corrected chi connectivity index (χ0v) is 15.1. The molecule has 0 aliphatic carbocycles. The second kappa shape index (κ2) is 8.84. The van der Waals surface area contributed by atoms with Crippen molar-refractivity contribution in [3.8, 4) is 0 Å². The fraction of sp³-hybridized carbons (Fsp3) is 0.263. The molecule has 0 atom stereocenters. The molecule has 0 saturated heterocycles. The highest BCUT2D eigenvalue weighted by atomic mass is 19.1. The molecule has 0 aliphatic heterocycles. The number of urea groups is 1. The van der Waals surface area contributed by atoms with Crippen LogP contribution in [0.2, 0.25) is 0 Å². The van der Waals surface area contributed by atoms with Crippen LogP contribution in [0.5, 0.6) is 0 Å². The first-order valence-electron chi connectivity index (χ1n) is 8.19. The molecule has 2 aromatic carbocycles. The highest BCUT2D eigenvalue weighted by Gasteiger charge is 2.08. The van der Waals surface area contributed by atoms with E-state index in [2.05, 4.69) is 16.0 Å². The number of benzene rings is 2. The molecule has 0 heterocycles. The van der Waals surface area contributed by atoms with Gasteiger partial charge in [-0.25, -0.2) is 9.18 Å². The van der Waals surface area contributed by atoms with E-state index in [9.17, 15) is 14.0 Å². The van der Waals surface area contributed by atoms with Gasteiger partial charge in [0.1, 0.15) is 5.82 Å². The van der Waals surface area contributed by atoms with Crippen LogP contribution in [0.25, 0.3) is 0 Å². The van der Waals surface area contributed by atoms with Crippen LogP contribution in [0.4, 0.5) is 20.6 Å². The van der Waals surface area contributed by atoms with E-state index in [1.165, 1.54) is 12.1 Å². The number of carbonyl (C=O) groups excluding carboxylic acids is 2. The molecule has 0 fully saturated rings. The normalized spacial score (nSPS) is 10.2. The molecule has 138 valence electrons. The number of hydrogen-bond donors (Lipinski definition) is 3. The zero-order chi connectivity index (χ0) is 19.1. The molecule has 2 rings (SSSR count). The molecular formula is C19H23FN4O2. The van der Waals surface area contributed by atoms with E-state index < -0.39 is 6.03 Å². The molecule has 0 saturated carbocycles. The SMILES string of the molecule is Cc1cc(N(C)C)ccc1NC(=O)CNC(=O)NCc1ccc(F)cc1. The van der Waals surface area contributed by atoms with Gasteiger partial charge in [-0.3, -0.25) is 4.79 Å². The second-order valence-electron chi connectivity index (χ2n) is 6.10. The number of carbonyl (C=O) groups is 2. The van der Waals surface area contributed by atoms with Gasteiger partial charge >= 0.3 is 6.03 Å². The lowest BCUT2D eigenvalue weighted by atomic mass is 10.1. The molecule has 0 bridgehead atoms. The van der Waals surface area contributed by atoms with Gasteiger partial charge in [0.2, 0.25) is 5.91 Å². The van der Waals surface area contributed by atoms with Gasteiger partial charge in [-0.05, 0) is 48.4 Å². The van der Waals surface area contributed by atoms with Crippen molar-refractivity contribution in [2.24, 2.45) is 0 Å². The first kappa shape index (κ1) is 19.2. The van der Waals surface area contributed by atoms with Crippen LogP contribution in [-0.2, 0) is 11.3 Å². The van der Waals surface area contributed by atoms with Gasteiger partial charge in [0, 0.05) is 32.0 Å². The number of nitrogens with one attached hydrogen (secondary N) is 3. The molecule has 3 N–H and O–H groups in total. The van der Waals surface area contributed by atoms with Crippen molar-refractivity contribution in [3.05, 3.63) is 59.4 Å². The maximum Gasteiger partial charge on any atom is 0.315 e. The van der Waals surface area contributed by atoms with E-state index in [0.717, 1.165) is 16.8 Å². The van der Waals surface area contributed by atoms with Crippen molar-refractivity contribution in [2.45, 2.75) is 13.5 Å². The van der Waals surface area contributed by atoms with Gasteiger partial charge in [-0.15, -0.1) is 0 Å². The van der Waals surface area contributed by atoms with Crippen molar-refractivity contribution >= 4 is 23.3 Å². The topological polar surface area (TPSA) is 73.5 Å². The summed E-state index contributed by atoms with van der Waals surface area (Å²) in [6, 6.07) is 11.1. The minimum absolute atomic E-state index is 0.149. The third-order valence-electron chi connectivity index (χ3n) is 3.78. The molecule has 7 heteroatoms. The summed E-state index contributed by atoms with van der Waals surface area (Å²) in [5.41, 5.74) is 3.45. The minimum Gasteiger partial charge on any atom is -0.378 e. The van der Waals surface area contributed by atoms with Crippen molar-refractivity contribution in [3.63, 3.8) is 0 Å². The molecule has 0 aromatic heterocycles. The van der Waals surface area contributed by atoms with Gasteiger partial charge in [-0.1, -0.05) is 12.1 Å². The monoisotopic (exact) mass is 358 g/mol. The number of rotatable bonds is 6. The predicted octanol–water partition coefficient (Wildman–Crippen LogP) is 2.64. The summed E-state index contributed by atoms with van der Waals surface area (Å²) in [4.78, 5) is 25.7. The first-order valence-corrected chi connectivity index (χ1v) is 8.19. The summed E-state index contributed by atoms with van der Waals surface area (Å²) in [6.45, 7) is 2.01. The third-order valence-corrected chi connectivity index (χ3v) is 3.78. The third kappa shape index (κ3) is 5.77. The number of hydrogen-bond acceptors (Lipinski definition) is 3. The summed E-state index contributed by atoms with van der Waals surface area (Å²) in [6.07, 6.45) is 0. The highest BCUT2D eigenvalue weighted by molar-refractivity contribution is 5.95. The van der Waals surface area contributed by atoms with Crippen LogP contribution in [0.1, 0.15) is 11.1 Å². The van der Waals surface area contributed by atoms with Crippen LogP contribution in [0, 0.1) is 12.7 Å². The fourth-order valence-corrected chi connectivity index (χ4v) is 2.27. The maximum absolute atomic E-state index is 12.8. The van der Waals surface area contributed by atoms with Gasteiger partial charge in [0.15, 0.2) is 0 Å². The highest BCUT2D eigenvalue weighted by Crippen LogP contribution is 2.21. The molecular weight excluding hydrogens is 335 g/mol. The Balaban J connectivity index is 1.77. The summed E-state index contributed by atoms with van der Waals surface area (Å²) >= 11 is 0. The summed E-state index contributed by atoms with van der Waals surface area (Å²) in [7, 11) is 3.89. The van der Waals surface area contributed by atoms with E-state index in [4.69, 9.17) is 0 Å². The number of halogens is 1. The van der Waals surface area contributed by atoms with Crippen LogP contribution in [0.3, 0.4) is 0 Å². The Morgan fingerprint density at radius 3 is 2.35 bits per heavy atom. The average molecular weight is 358 g/mol. The first-order chi connectivity index (χ1) is 12.3. The number of anilines is 2. The van der Waals surface area contributed by atoms with Gasteiger partial charge < -0.3 is 20.9 Å². The molecule has 2 aromatic rings. The Morgan fingerprint density at radius 1 is 1.04 bits per heavy atom. The largest absolute Gasteiger partial charge is 0.378 e. The van der Waals surface area contributed by atoms with Crippen LogP contribution in [-0.4, -0.2) is 32.6 Å². The van der Waals surface area contributed by atoms with E-state index in [1.807, 2.05) is 44.1 Å². The average Bonchev–Trinajstić information content (AvgIpc) is 2.61. The smallest absolute Gasteiger partial charge is 0.315 e. The Labute approximate surface area is 152 Å². The molecule has 26 heavy (non-hydrogen) atoms. The van der Waals surface area contributed by atoms with Crippen molar-refractivity contribution in [1.29, 1.82) is 0 Å². The van der Waals surface area contributed by atoms with Gasteiger partial charge in [0.05, 0.1) is 6.54 Å². The molecule has 3 amide bonds. The molecule has 0 aliphatic rings. The van der Waals surface area contributed by atoms with E-state index in [0.29, 0.717) is 5.69 Å². The Hall–Kier alpha value is -3.09. The Kier molecular flexibility index (Phi) is 6.54. The van der Waals surface area contributed by atoms with Gasteiger partial charge in [-0.2, -0.15) is 0 Å². The molecule has 0 radical (unpaired) electrons. The van der Waals surface area contributed by atoms with Crippen molar-refractivity contribution < 1.29 is 14.0 Å². The Morgan fingerprint density at radius 2 is 1.73 bits per heavy atom. The van der Waals surface area contributed by atoms with Crippen LogP contribution in [0.15, 0.2) is 42.5 Å². The van der Waals surface area contributed by atoms with E-state index in [1.54, 1.807) is 12.1 Å².